The molecule has 0 bridgehead atoms. The van der Waals surface area contributed by atoms with Gasteiger partial charge in [0, 0.05) is 51.2 Å². The topological polar surface area (TPSA) is 58.9 Å². The van der Waals surface area contributed by atoms with Crippen molar-refractivity contribution in [2.45, 2.75) is 0 Å². The van der Waals surface area contributed by atoms with Crippen molar-refractivity contribution in [3.63, 3.8) is 0 Å². The highest BCUT2D eigenvalue weighted by atomic mass is 15.4. The molecule has 1 saturated heterocycles. The van der Waals surface area contributed by atoms with Gasteiger partial charge in [0.2, 0.25) is 5.95 Å². The molecule has 3 heterocycles. The van der Waals surface area contributed by atoms with Gasteiger partial charge in [-0.15, -0.1) is 5.10 Å². The Kier molecular flexibility index (Phi) is 2.93. The molecular formula is C12H16N6. The molecule has 0 amide bonds. The van der Waals surface area contributed by atoms with Crippen molar-refractivity contribution in [2.24, 2.45) is 7.05 Å². The minimum absolute atomic E-state index is 0.804. The first-order valence-corrected chi connectivity index (χ1v) is 6.12. The molecule has 1 fully saturated rings. The zero-order valence-corrected chi connectivity index (χ0v) is 10.4. The fraction of sp³-hybridized carbons (Fsp3) is 0.417. The molecule has 0 aliphatic carbocycles. The number of aryl methyl sites for hydroxylation is 1. The van der Waals surface area contributed by atoms with E-state index in [-0.39, 0.29) is 0 Å². The highest BCUT2D eigenvalue weighted by molar-refractivity contribution is 5.55. The largest absolute Gasteiger partial charge is 0.337 e. The van der Waals surface area contributed by atoms with E-state index >= 15 is 0 Å². The highest BCUT2D eigenvalue weighted by Crippen LogP contribution is 2.18. The molecule has 3 rings (SSSR count). The average molecular weight is 244 g/mol. The van der Waals surface area contributed by atoms with Gasteiger partial charge in [-0.05, 0) is 12.1 Å². The van der Waals surface area contributed by atoms with Crippen molar-refractivity contribution in [2.75, 3.05) is 31.1 Å². The van der Waals surface area contributed by atoms with Crippen LogP contribution in [0.4, 0.5) is 5.95 Å². The Morgan fingerprint density at radius 3 is 2.83 bits per heavy atom. The van der Waals surface area contributed by atoms with E-state index in [9.17, 15) is 0 Å². The van der Waals surface area contributed by atoms with Gasteiger partial charge in [0.1, 0.15) is 0 Å². The number of pyridine rings is 1. The van der Waals surface area contributed by atoms with E-state index in [0.29, 0.717) is 0 Å². The summed E-state index contributed by atoms with van der Waals surface area (Å²) in [6, 6.07) is 3.91. The molecule has 0 atom stereocenters. The quantitative estimate of drug-likeness (QED) is 0.822. The zero-order valence-electron chi connectivity index (χ0n) is 10.4. The third-order valence-corrected chi connectivity index (χ3v) is 3.07. The molecule has 1 aliphatic heterocycles. The first-order valence-electron chi connectivity index (χ1n) is 6.12. The second-order valence-corrected chi connectivity index (χ2v) is 4.34. The van der Waals surface area contributed by atoms with Gasteiger partial charge >= 0.3 is 0 Å². The lowest BCUT2D eigenvalue weighted by Gasteiger charge is -2.25. The van der Waals surface area contributed by atoms with Crippen molar-refractivity contribution < 1.29 is 0 Å². The van der Waals surface area contributed by atoms with Crippen LogP contribution < -0.4 is 10.2 Å². The van der Waals surface area contributed by atoms with Crippen molar-refractivity contribution in [3.8, 4) is 11.4 Å². The van der Waals surface area contributed by atoms with Crippen LogP contribution in [0.15, 0.2) is 24.5 Å². The number of aromatic nitrogens is 4. The van der Waals surface area contributed by atoms with Crippen LogP contribution in [0.1, 0.15) is 0 Å². The average Bonchev–Trinajstić information content (AvgIpc) is 2.83. The normalized spacial score (nSPS) is 15.9. The molecule has 1 N–H and O–H groups in total. The Bertz CT molecular complexity index is 515. The summed E-state index contributed by atoms with van der Waals surface area (Å²) < 4.78 is 1.81. The van der Waals surface area contributed by atoms with E-state index in [1.165, 1.54) is 0 Å². The number of anilines is 1. The van der Waals surface area contributed by atoms with Crippen molar-refractivity contribution in [3.05, 3.63) is 24.5 Å². The molecule has 1 aliphatic rings. The summed E-state index contributed by atoms with van der Waals surface area (Å²) in [6.07, 6.45) is 3.57. The second kappa shape index (κ2) is 4.73. The Balaban J connectivity index is 1.91. The Labute approximate surface area is 106 Å². The Hall–Kier alpha value is -1.95. The predicted octanol–water partition coefficient (Wildman–Crippen LogP) is 0.287. The minimum Gasteiger partial charge on any atom is -0.337 e. The number of rotatable bonds is 2. The summed E-state index contributed by atoms with van der Waals surface area (Å²) in [5, 5.41) is 7.81. The maximum Gasteiger partial charge on any atom is 0.245 e. The number of hydrogen-bond donors (Lipinski definition) is 1. The molecule has 2 aromatic heterocycles. The molecule has 2 aromatic rings. The van der Waals surface area contributed by atoms with Gasteiger partial charge in [0.15, 0.2) is 5.82 Å². The third kappa shape index (κ3) is 2.06. The lowest BCUT2D eigenvalue weighted by Crippen LogP contribution is -2.44. The molecule has 6 nitrogen and oxygen atoms in total. The fourth-order valence-electron chi connectivity index (χ4n) is 2.12. The lowest BCUT2D eigenvalue weighted by atomic mass is 10.3. The van der Waals surface area contributed by atoms with Gasteiger partial charge in [-0.1, -0.05) is 0 Å². The molecule has 0 unspecified atom stereocenters. The SMILES string of the molecule is Cn1nc(N2CCNCC2)nc1-c1cccnc1. The minimum atomic E-state index is 0.804. The smallest absolute Gasteiger partial charge is 0.245 e. The van der Waals surface area contributed by atoms with Crippen LogP contribution in [-0.4, -0.2) is 45.9 Å². The standard InChI is InChI=1S/C12H16N6/c1-17-11(10-3-2-4-14-9-10)15-12(16-17)18-7-5-13-6-8-18/h2-4,9,13H,5-8H2,1H3. The molecule has 6 heteroatoms. The summed E-state index contributed by atoms with van der Waals surface area (Å²) in [4.78, 5) is 10.9. The van der Waals surface area contributed by atoms with Gasteiger partial charge in [-0.2, -0.15) is 4.98 Å². The van der Waals surface area contributed by atoms with Crippen LogP contribution >= 0.6 is 0 Å². The van der Waals surface area contributed by atoms with Crippen LogP contribution in [0.5, 0.6) is 0 Å². The molecule has 0 saturated carbocycles. The molecule has 0 radical (unpaired) electrons. The van der Waals surface area contributed by atoms with Gasteiger partial charge in [-0.25, -0.2) is 4.68 Å². The highest BCUT2D eigenvalue weighted by Gasteiger charge is 2.17. The van der Waals surface area contributed by atoms with E-state index in [1.807, 2.05) is 30.1 Å². The van der Waals surface area contributed by atoms with Crippen LogP contribution in [0.2, 0.25) is 0 Å². The summed E-state index contributed by atoms with van der Waals surface area (Å²) in [6.45, 7) is 3.88. The number of nitrogens with one attached hydrogen (secondary N) is 1. The molecule has 18 heavy (non-hydrogen) atoms. The first kappa shape index (κ1) is 11.2. The van der Waals surface area contributed by atoms with E-state index < -0.39 is 0 Å². The molecule has 0 aromatic carbocycles. The van der Waals surface area contributed by atoms with Crippen molar-refractivity contribution in [1.82, 2.24) is 25.1 Å². The maximum absolute atomic E-state index is 4.61. The summed E-state index contributed by atoms with van der Waals surface area (Å²) >= 11 is 0. The predicted molar refractivity (Wildman–Crippen MR) is 69.3 cm³/mol. The second-order valence-electron chi connectivity index (χ2n) is 4.34. The summed E-state index contributed by atoms with van der Waals surface area (Å²) in [5.41, 5.74) is 0.994. The zero-order chi connectivity index (χ0) is 12.4. The number of nitrogens with zero attached hydrogens (tertiary/aromatic N) is 5. The lowest BCUT2D eigenvalue weighted by molar-refractivity contribution is 0.578. The molecular weight excluding hydrogens is 228 g/mol. The van der Waals surface area contributed by atoms with Gasteiger partial charge in [-0.3, -0.25) is 4.98 Å². The van der Waals surface area contributed by atoms with Crippen LogP contribution in [-0.2, 0) is 7.05 Å². The van der Waals surface area contributed by atoms with Crippen LogP contribution in [0.3, 0.4) is 0 Å². The summed E-state index contributed by atoms with van der Waals surface area (Å²) in [7, 11) is 1.92. The fourth-order valence-corrected chi connectivity index (χ4v) is 2.12. The van der Waals surface area contributed by atoms with Gasteiger partial charge in [0.25, 0.3) is 0 Å². The molecule has 94 valence electrons. The van der Waals surface area contributed by atoms with E-state index in [2.05, 4.69) is 25.3 Å². The number of piperazine rings is 1. The monoisotopic (exact) mass is 244 g/mol. The Morgan fingerprint density at radius 1 is 1.28 bits per heavy atom. The van der Waals surface area contributed by atoms with Gasteiger partial charge in [0.05, 0.1) is 0 Å². The van der Waals surface area contributed by atoms with Crippen LogP contribution in [0.25, 0.3) is 11.4 Å². The van der Waals surface area contributed by atoms with Crippen molar-refractivity contribution >= 4 is 5.95 Å². The van der Waals surface area contributed by atoms with E-state index in [4.69, 9.17) is 0 Å². The van der Waals surface area contributed by atoms with Gasteiger partial charge < -0.3 is 10.2 Å². The van der Waals surface area contributed by atoms with E-state index in [1.54, 1.807) is 6.20 Å². The number of hydrogen-bond acceptors (Lipinski definition) is 5. The van der Waals surface area contributed by atoms with Crippen LogP contribution in [0, 0.1) is 0 Å². The van der Waals surface area contributed by atoms with Crippen molar-refractivity contribution in [1.29, 1.82) is 0 Å². The van der Waals surface area contributed by atoms with E-state index in [0.717, 1.165) is 43.5 Å². The third-order valence-electron chi connectivity index (χ3n) is 3.07. The Morgan fingerprint density at radius 2 is 2.11 bits per heavy atom. The first-order chi connectivity index (χ1) is 8.84. The maximum atomic E-state index is 4.61. The summed E-state index contributed by atoms with van der Waals surface area (Å²) in [5.74, 6) is 1.66. The molecule has 0 spiro atoms.